The van der Waals surface area contributed by atoms with Crippen LogP contribution in [-0.2, 0) is 19.1 Å². The average Bonchev–Trinajstić information content (AvgIpc) is 2.66. The van der Waals surface area contributed by atoms with E-state index in [4.69, 9.17) is 10.5 Å². The maximum atomic E-state index is 12.6. The molecule has 27 heavy (non-hydrogen) atoms. The second-order valence-corrected chi connectivity index (χ2v) is 6.27. The van der Waals surface area contributed by atoms with Crippen LogP contribution in [0.2, 0.25) is 0 Å². The van der Waals surface area contributed by atoms with Gasteiger partial charge in [-0.15, -0.1) is 0 Å². The minimum Gasteiger partial charge on any atom is -0.447 e. The van der Waals surface area contributed by atoms with Crippen LogP contribution in [0.3, 0.4) is 0 Å². The van der Waals surface area contributed by atoms with E-state index < -0.39 is 24.0 Å². The van der Waals surface area contributed by atoms with Crippen molar-refractivity contribution in [3.63, 3.8) is 0 Å². The second-order valence-electron chi connectivity index (χ2n) is 6.27. The topological polar surface area (TPSA) is 89.7 Å². The SMILES string of the molecule is CC(=O)N1C=Cc2ccccc2[C@@H]1CC(=O)O[C@H](C(N)=O)c1ccccc1. The molecule has 0 aromatic heterocycles. The van der Waals surface area contributed by atoms with Crippen molar-refractivity contribution in [2.75, 3.05) is 0 Å². The number of primary amides is 1. The molecule has 3 rings (SSSR count). The summed E-state index contributed by atoms with van der Waals surface area (Å²) in [7, 11) is 0. The van der Waals surface area contributed by atoms with E-state index >= 15 is 0 Å². The van der Waals surface area contributed by atoms with Crippen molar-refractivity contribution in [3.05, 3.63) is 77.5 Å². The fraction of sp³-hybridized carbons (Fsp3) is 0.190. The highest BCUT2D eigenvalue weighted by molar-refractivity contribution is 5.84. The quantitative estimate of drug-likeness (QED) is 0.826. The van der Waals surface area contributed by atoms with Gasteiger partial charge in [0.25, 0.3) is 5.91 Å². The summed E-state index contributed by atoms with van der Waals surface area (Å²) in [6.45, 7) is 1.44. The van der Waals surface area contributed by atoms with Crippen molar-refractivity contribution >= 4 is 23.9 Å². The highest BCUT2D eigenvalue weighted by atomic mass is 16.5. The standard InChI is InChI=1S/C21H20N2O4/c1-14(24)23-12-11-15-7-5-6-10-17(15)18(23)13-19(25)27-20(21(22)26)16-8-3-2-4-9-16/h2-12,18,20H,13H2,1H3,(H2,22,26)/t18-,20-/m0/s1. The van der Waals surface area contributed by atoms with Crippen LogP contribution in [0.4, 0.5) is 0 Å². The minimum absolute atomic E-state index is 0.0858. The van der Waals surface area contributed by atoms with E-state index in [-0.39, 0.29) is 12.3 Å². The molecule has 0 saturated heterocycles. The van der Waals surface area contributed by atoms with Gasteiger partial charge < -0.3 is 15.4 Å². The van der Waals surface area contributed by atoms with Gasteiger partial charge in [0.15, 0.2) is 0 Å². The molecule has 1 aliphatic heterocycles. The number of amides is 2. The number of nitrogens with two attached hydrogens (primary N) is 1. The third-order valence-electron chi connectivity index (χ3n) is 4.44. The normalized spacial score (nSPS) is 16.3. The van der Waals surface area contributed by atoms with Crippen LogP contribution in [0.5, 0.6) is 0 Å². The van der Waals surface area contributed by atoms with Crippen LogP contribution >= 0.6 is 0 Å². The second kappa shape index (κ2) is 7.86. The van der Waals surface area contributed by atoms with Crippen LogP contribution in [0.25, 0.3) is 6.08 Å². The molecule has 0 radical (unpaired) electrons. The summed E-state index contributed by atoms with van der Waals surface area (Å²) < 4.78 is 5.37. The predicted molar refractivity (Wildman–Crippen MR) is 99.8 cm³/mol. The van der Waals surface area contributed by atoms with E-state index in [0.29, 0.717) is 5.56 Å². The summed E-state index contributed by atoms with van der Waals surface area (Å²) in [4.78, 5) is 37.8. The van der Waals surface area contributed by atoms with Crippen LogP contribution in [0.15, 0.2) is 60.8 Å². The van der Waals surface area contributed by atoms with E-state index in [1.165, 1.54) is 11.8 Å². The minimum atomic E-state index is -1.17. The molecule has 138 valence electrons. The fourth-order valence-electron chi connectivity index (χ4n) is 3.17. The predicted octanol–water partition coefficient (Wildman–Crippen LogP) is 2.72. The molecule has 2 N–H and O–H groups in total. The Morgan fingerprint density at radius 2 is 1.74 bits per heavy atom. The molecule has 0 spiro atoms. The van der Waals surface area contributed by atoms with E-state index in [1.807, 2.05) is 30.3 Å². The van der Waals surface area contributed by atoms with Gasteiger partial charge in [-0.3, -0.25) is 14.4 Å². The van der Waals surface area contributed by atoms with Gasteiger partial charge in [0, 0.05) is 18.7 Å². The van der Waals surface area contributed by atoms with Gasteiger partial charge in [-0.25, -0.2) is 0 Å². The lowest BCUT2D eigenvalue weighted by molar-refractivity contribution is -0.156. The zero-order chi connectivity index (χ0) is 19.4. The Morgan fingerprint density at radius 1 is 1.07 bits per heavy atom. The molecule has 2 amide bonds. The van der Waals surface area contributed by atoms with Gasteiger partial charge in [0.1, 0.15) is 0 Å². The van der Waals surface area contributed by atoms with Crippen molar-refractivity contribution < 1.29 is 19.1 Å². The maximum absolute atomic E-state index is 12.6. The molecule has 2 atom stereocenters. The summed E-state index contributed by atoms with van der Waals surface area (Å²) in [6.07, 6.45) is 2.23. The Hall–Kier alpha value is -3.41. The first kappa shape index (κ1) is 18.4. The monoisotopic (exact) mass is 364 g/mol. The summed E-state index contributed by atoms with van der Waals surface area (Å²) in [5, 5.41) is 0. The Labute approximate surface area is 157 Å². The van der Waals surface area contributed by atoms with Gasteiger partial charge in [0.05, 0.1) is 12.5 Å². The summed E-state index contributed by atoms with van der Waals surface area (Å²) in [5.41, 5.74) is 7.70. The fourth-order valence-corrected chi connectivity index (χ4v) is 3.17. The van der Waals surface area contributed by atoms with Crippen molar-refractivity contribution in [2.45, 2.75) is 25.5 Å². The van der Waals surface area contributed by atoms with Crippen molar-refractivity contribution in [1.82, 2.24) is 4.90 Å². The number of carbonyl (C=O) groups is 3. The third-order valence-corrected chi connectivity index (χ3v) is 4.44. The number of fused-ring (bicyclic) bond motifs is 1. The van der Waals surface area contributed by atoms with Crippen molar-refractivity contribution in [1.29, 1.82) is 0 Å². The first-order chi connectivity index (χ1) is 13.0. The molecule has 0 aliphatic carbocycles. The van der Waals surface area contributed by atoms with Gasteiger partial charge >= 0.3 is 5.97 Å². The molecule has 0 bridgehead atoms. The highest BCUT2D eigenvalue weighted by Gasteiger charge is 2.31. The van der Waals surface area contributed by atoms with Crippen molar-refractivity contribution in [2.24, 2.45) is 5.73 Å². The third kappa shape index (κ3) is 4.06. The molecule has 1 heterocycles. The Bertz CT molecular complexity index is 892. The summed E-state index contributed by atoms with van der Waals surface area (Å²) in [5.74, 6) is -1.54. The summed E-state index contributed by atoms with van der Waals surface area (Å²) in [6, 6.07) is 15.6. The van der Waals surface area contributed by atoms with E-state index in [0.717, 1.165) is 11.1 Å². The number of hydrogen-bond donors (Lipinski definition) is 1. The van der Waals surface area contributed by atoms with Gasteiger partial charge in [-0.1, -0.05) is 54.6 Å². The molecule has 6 nitrogen and oxygen atoms in total. The van der Waals surface area contributed by atoms with E-state index in [9.17, 15) is 14.4 Å². The molecule has 0 unspecified atom stereocenters. The Kier molecular flexibility index (Phi) is 5.35. The van der Waals surface area contributed by atoms with Gasteiger partial charge in [-0.2, -0.15) is 0 Å². The highest BCUT2D eigenvalue weighted by Crippen LogP contribution is 2.33. The smallest absolute Gasteiger partial charge is 0.309 e. The molecule has 1 aliphatic rings. The van der Waals surface area contributed by atoms with E-state index in [1.54, 1.807) is 36.5 Å². The number of ether oxygens (including phenoxy) is 1. The van der Waals surface area contributed by atoms with Gasteiger partial charge in [0.2, 0.25) is 12.0 Å². The zero-order valence-electron chi connectivity index (χ0n) is 14.9. The number of nitrogens with zero attached hydrogens (tertiary/aromatic N) is 1. The lowest BCUT2D eigenvalue weighted by atomic mass is 9.94. The molecule has 2 aromatic carbocycles. The van der Waals surface area contributed by atoms with Crippen LogP contribution in [-0.4, -0.2) is 22.7 Å². The van der Waals surface area contributed by atoms with Crippen LogP contribution < -0.4 is 5.73 Å². The van der Waals surface area contributed by atoms with Crippen LogP contribution in [0, 0.1) is 0 Å². The van der Waals surface area contributed by atoms with Gasteiger partial charge in [-0.05, 0) is 17.2 Å². The Balaban J connectivity index is 1.82. The number of hydrogen-bond acceptors (Lipinski definition) is 4. The molecule has 0 fully saturated rings. The van der Waals surface area contributed by atoms with Crippen molar-refractivity contribution in [3.8, 4) is 0 Å². The molecule has 2 aromatic rings. The number of rotatable bonds is 5. The Morgan fingerprint density at radius 3 is 2.41 bits per heavy atom. The summed E-state index contributed by atoms with van der Waals surface area (Å²) >= 11 is 0. The first-order valence-corrected chi connectivity index (χ1v) is 8.57. The molecular formula is C21H20N2O4. The number of benzene rings is 2. The number of esters is 1. The molecular weight excluding hydrogens is 344 g/mol. The molecule has 6 heteroatoms. The zero-order valence-corrected chi connectivity index (χ0v) is 14.9. The number of carbonyl (C=O) groups excluding carboxylic acids is 3. The first-order valence-electron chi connectivity index (χ1n) is 8.57. The lowest BCUT2D eigenvalue weighted by Crippen LogP contribution is -2.33. The van der Waals surface area contributed by atoms with Crippen LogP contribution in [0.1, 0.15) is 42.2 Å². The lowest BCUT2D eigenvalue weighted by Gasteiger charge is -2.32. The van der Waals surface area contributed by atoms with E-state index in [2.05, 4.69) is 0 Å². The maximum Gasteiger partial charge on any atom is 0.309 e. The molecule has 0 saturated carbocycles. The largest absolute Gasteiger partial charge is 0.447 e. The average molecular weight is 364 g/mol.